The normalized spacial score (nSPS) is 12.8. The number of benzene rings is 1. The van der Waals surface area contributed by atoms with Crippen LogP contribution in [-0.2, 0) is 6.42 Å². The molecule has 1 aliphatic rings. The number of fused-ring (bicyclic) bond motifs is 10. The minimum absolute atomic E-state index is 0.905. The van der Waals surface area contributed by atoms with E-state index < -0.39 is 0 Å². The molecule has 112 valence electrons. The van der Waals surface area contributed by atoms with Crippen LogP contribution < -0.4 is 0 Å². The van der Waals surface area contributed by atoms with Gasteiger partial charge in [-0.25, -0.2) is 4.98 Å². The van der Waals surface area contributed by atoms with Crippen LogP contribution in [0.3, 0.4) is 0 Å². The summed E-state index contributed by atoms with van der Waals surface area (Å²) in [6.07, 6.45) is 6.47. The van der Waals surface area contributed by atoms with Crippen molar-refractivity contribution >= 4 is 27.5 Å². The summed E-state index contributed by atoms with van der Waals surface area (Å²) in [6.45, 7) is 0. The number of imidazole rings is 1. The fourth-order valence-corrected chi connectivity index (χ4v) is 3.92. The highest BCUT2D eigenvalue weighted by molar-refractivity contribution is 6.10. The molecular weight excluding hydrogens is 296 g/mol. The van der Waals surface area contributed by atoms with Crippen LogP contribution in [0.25, 0.3) is 38.7 Å². The van der Waals surface area contributed by atoms with E-state index in [0.29, 0.717) is 0 Å². The summed E-state index contributed by atoms with van der Waals surface area (Å²) in [5.74, 6) is 0. The monoisotopic (exact) mass is 308 g/mol. The van der Waals surface area contributed by atoms with E-state index in [2.05, 4.69) is 44.7 Å². The van der Waals surface area contributed by atoms with Gasteiger partial charge in [0, 0.05) is 41.3 Å². The van der Waals surface area contributed by atoms with Crippen molar-refractivity contribution in [2.45, 2.75) is 6.42 Å². The highest BCUT2D eigenvalue weighted by atomic mass is 15.0. The second-order valence-electron chi connectivity index (χ2n) is 6.19. The zero-order valence-electron chi connectivity index (χ0n) is 12.8. The Bertz CT molecular complexity index is 1280. The molecule has 0 N–H and O–H groups in total. The van der Waals surface area contributed by atoms with E-state index in [1.807, 2.05) is 30.7 Å². The average Bonchev–Trinajstić information content (AvgIpc) is 3.18. The number of hydrogen-bond acceptors (Lipinski definition) is 3. The molecule has 0 amide bonds. The molecule has 5 aromatic rings. The molecule has 1 aromatic carbocycles. The van der Waals surface area contributed by atoms with Crippen LogP contribution in [0.2, 0.25) is 0 Å². The summed E-state index contributed by atoms with van der Waals surface area (Å²) >= 11 is 0. The number of pyridine rings is 3. The van der Waals surface area contributed by atoms with Crippen molar-refractivity contribution in [2.24, 2.45) is 0 Å². The standard InChI is InChI=1S/C20H12N4/c1-2-5-13-12(4-1)10-17-19(13)23-20-15-11-21-9-7-14(15)18-16(24(17)20)6-3-8-22-18/h1-9,11H,10H2. The summed E-state index contributed by atoms with van der Waals surface area (Å²) in [7, 11) is 0. The van der Waals surface area contributed by atoms with Crippen LogP contribution in [0.1, 0.15) is 11.3 Å². The molecule has 0 saturated carbocycles. The maximum Gasteiger partial charge on any atom is 0.147 e. The fraction of sp³-hybridized carbons (Fsp3) is 0.0500. The van der Waals surface area contributed by atoms with Crippen molar-refractivity contribution in [1.29, 1.82) is 0 Å². The van der Waals surface area contributed by atoms with Crippen molar-refractivity contribution in [2.75, 3.05) is 0 Å². The van der Waals surface area contributed by atoms with Gasteiger partial charge in [-0.1, -0.05) is 24.3 Å². The average molecular weight is 308 g/mol. The Balaban J connectivity index is 1.90. The molecule has 0 atom stereocenters. The molecule has 0 saturated heterocycles. The van der Waals surface area contributed by atoms with Gasteiger partial charge in [0.25, 0.3) is 0 Å². The van der Waals surface area contributed by atoms with Gasteiger partial charge in [0.2, 0.25) is 0 Å². The Labute approximate surface area is 137 Å². The number of hydrogen-bond donors (Lipinski definition) is 0. The Hall–Kier alpha value is -3.27. The maximum atomic E-state index is 5.01. The predicted octanol–water partition coefficient (Wildman–Crippen LogP) is 4.00. The molecule has 4 heteroatoms. The van der Waals surface area contributed by atoms with Gasteiger partial charge < -0.3 is 0 Å². The second-order valence-corrected chi connectivity index (χ2v) is 6.19. The van der Waals surface area contributed by atoms with E-state index in [1.54, 1.807) is 0 Å². The molecule has 4 heterocycles. The van der Waals surface area contributed by atoms with Gasteiger partial charge in [0.15, 0.2) is 0 Å². The number of aromatic nitrogens is 4. The van der Waals surface area contributed by atoms with Crippen molar-refractivity contribution in [1.82, 2.24) is 19.4 Å². The molecule has 0 radical (unpaired) electrons. The van der Waals surface area contributed by atoms with Gasteiger partial charge in [-0.05, 0) is 23.8 Å². The van der Waals surface area contributed by atoms with E-state index in [1.165, 1.54) is 16.8 Å². The lowest BCUT2D eigenvalue weighted by Crippen LogP contribution is -1.97. The van der Waals surface area contributed by atoms with Crippen LogP contribution in [0.5, 0.6) is 0 Å². The Morgan fingerprint density at radius 3 is 2.88 bits per heavy atom. The van der Waals surface area contributed by atoms with Gasteiger partial charge in [-0.15, -0.1) is 0 Å². The molecule has 0 spiro atoms. The summed E-state index contributed by atoms with van der Waals surface area (Å²) in [4.78, 5) is 14.0. The Kier molecular flexibility index (Phi) is 2.12. The Morgan fingerprint density at radius 1 is 0.917 bits per heavy atom. The first-order chi connectivity index (χ1) is 11.9. The largest absolute Gasteiger partial charge is 0.293 e. The Morgan fingerprint density at radius 2 is 1.88 bits per heavy atom. The minimum atomic E-state index is 0.905. The lowest BCUT2D eigenvalue weighted by molar-refractivity contribution is 1.09. The summed E-state index contributed by atoms with van der Waals surface area (Å²) < 4.78 is 2.27. The highest BCUT2D eigenvalue weighted by Gasteiger charge is 2.26. The van der Waals surface area contributed by atoms with Gasteiger partial charge in [-0.2, -0.15) is 0 Å². The topological polar surface area (TPSA) is 43.1 Å². The van der Waals surface area contributed by atoms with E-state index in [9.17, 15) is 0 Å². The first-order valence-corrected chi connectivity index (χ1v) is 8.02. The third kappa shape index (κ3) is 1.36. The molecule has 0 unspecified atom stereocenters. The highest BCUT2D eigenvalue weighted by Crippen LogP contribution is 2.39. The number of nitrogens with zero attached hydrogens (tertiary/aromatic N) is 4. The zero-order valence-corrected chi connectivity index (χ0v) is 12.8. The SMILES string of the molecule is c1ccc2c(c1)Cc1c-2nc2c3cnccc3c3ncccc3n12. The zero-order chi connectivity index (χ0) is 15.7. The number of rotatable bonds is 0. The lowest BCUT2D eigenvalue weighted by Gasteiger charge is -2.08. The fourth-order valence-electron chi connectivity index (χ4n) is 3.92. The van der Waals surface area contributed by atoms with Gasteiger partial charge in [0.1, 0.15) is 5.65 Å². The second kappa shape index (κ2) is 4.17. The smallest absolute Gasteiger partial charge is 0.147 e. The molecule has 4 nitrogen and oxygen atoms in total. The van der Waals surface area contributed by atoms with Crippen LogP contribution in [0.15, 0.2) is 61.1 Å². The maximum absolute atomic E-state index is 5.01. The summed E-state index contributed by atoms with van der Waals surface area (Å²) in [5, 5.41) is 2.15. The lowest BCUT2D eigenvalue weighted by atomic mass is 10.1. The van der Waals surface area contributed by atoms with Crippen LogP contribution in [0.4, 0.5) is 0 Å². The van der Waals surface area contributed by atoms with Crippen molar-refractivity contribution in [3.05, 3.63) is 72.3 Å². The van der Waals surface area contributed by atoms with E-state index in [4.69, 9.17) is 4.98 Å². The van der Waals surface area contributed by atoms with E-state index in [0.717, 1.165) is 39.6 Å². The van der Waals surface area contributed by atoms with Gasteiger partial charge >= 0.3 is 0 Å². The van der Waals surface area contributed by atoms with Crippen molar-refractivity contribution in [3.63, 3.8) is 0 Å². The van der Waals surface area contributed by atoms with E-state index >= 15 is 0 Å². The van der Waals surface area contributed by atoms with E-state index in [-0.39, 0.29) is 0 Å². The van der Waals surface area contributed by atoms with Crippen LogP contribution in [-0.4, -0.2) is 19.4 Å². The molecular formula is C20H12N4. The molecule has 1 aliphatic carbocycles. The molecule has 24 heavy (non-hydrogen) atoms. The van der Waals surface area contributed by atoms with Crippen LogP contribution >= 0.6 is 0 Å². The first kappa shape index (κ1) is 12.2. The molecule has 0 aliphatic heterocycles. The van der Waals surface area contributed by atoms with Crippen molar-refractivity contribution < 1.29 is 0 Å². The molecule has 6 rings (SSSR count). The van der Waals surface area contributed by atoms with Crippen molar-refractivity contribution in [3.8, 4) is 11.3 Å². The summed E-state index contributed by atoms with van der Waals surface area (Å²) in [6, 6.07) is 14.7. The van der Waals surface area contributed by atoms with Gasteiger partial charge in [-0.3, -0.25) is 14.4 Å². The molecule has 4 aromatic heterocycles. The molecule has 0 bridgehead atoms. The first-order valence-electron chi connectivity index (χ1n) is 8.02. The van der Waals surface area contributed by atoms with Gasteiger partial charge in [0.05, 0.1) is 22.4 Å². The predicted molar refractivity (Wildman–Crippen MR) is 94.0 cm³/mol. The molecule has 0 fully saturated rings. The summed E-state index contributed by atoms with van der Waals surface area (Å²) in [5.41, 5.74) is 7.99. The third-order valence-corrected chi connectivity index (χ3v) is 4.95. The third-order valence-electron chi connectivity index (χ3n) is 4.95. The minimum Gasteiger partial charge on any atom is -0.293 e. The van der Waals surface area contributed by atoms with Crippen LogP contribution in [0, 0.1) is 0 Å². The quantitative estimate of drug-likeness (QED) is 0.398.